The lowest BCUT2D eigenvalue weighted by atomic mass is 9.95. The lowest BCUT2D eigenvalue weighted by molar-refractivity contribution is -0.121. The Labute approximate surface area is 148 Å². The van der Waals surface area contributed by atoms with Gasteiger partial charge in [0.1, 0.15) is 0 Å². The van der Waals surface area contributed by atoms with Crippen molar-refractivity contribution in [2.24, 2.45) is 5.92 Å². The van der Waals surface area contributed by atoms with Crippen LogP contribution in [0, 0.1) is 5.92 Å². The minimum Gasteiger partial charge on any atom is -0.325 e. The summed E-state index contributed by atoms with van der Waals surface area (Å²) >= 11 is 1.66. The fourth-order valence-corrected chi connectivity index (χ4v) is 3.73. The molecule has 0 spiro atoms. The van der Waals surface area contributed by atoms with Crippen molar-refractivity contribution in [3.8, 4) is 0 Å². The molecule has 2 aromatic carbocycles. The lowest BCUT2D eigenvalue weighted by Crippen LogP contribution is -2.37. The minimum atomic E-state index is 0.118. The number of carbonyl (C=O) groups is 1. The number of nitrogens with one attached hydrogen (secondary N) is 1. The predicted octanol–water partition coefficient (Wildman–Crippen LogP) is 4.26. The summed E-state index contributed by atoms with van der Waals surface area (Å²) in [6, 6.07) is 18.5. The van der Waals surface area contributed by atoms with Gasteiger partial charge >= 0.3 is 0 Å². The summed E-state index contributed by atoms with van der Waals surface area (Å²) in [6.07, 6.45) is 3.90. The van der Waals surface area contributed by atoms with Gasteiger partial charge in [-0.25, -0.2) is 0 Å². The molecule has 24 heavy (non-hydrogen) atoms. The zero-order valence-corrected chi connectivity index (χ0v) is 14.9. The summed E-state index contributed by atoms with van der Waals surface area (Å²) in [6.45, 7) is 2.94. The second kappa shape index (κ2) is 8.36. The molecule has 4 heteroatoms. The molecule has 126 valence electrons. The highest BCUT2D eigenvalue weighted by Crippen LogP contribution is 2.26. The maximum atomic E-state index is 12.6. The van der Waals surface area contributed by atoms with Crippen molar-refractivity contribution in [2.75, 3.05) is 24.7 Å². The minimum absolute atomic E-state index is 0.118. The zero-order chi connectivity index (χ0) is 16.8. The predicted molar refractivity (Wildman–Crippen MR) is 101 cm³/mol. The van der Waals surface area contributed by atoms with Gasteiger partial charge in [-0.2, -0.15) is 0 Å². The van der Waals surface area contributed by atoms with E-state index >= 15 is 0 Å². The standard InChI is InChI=1S/C20H24N2OS/c1-24-19-10-6-5-9-18(19)21-20(23)17-11-13-22(14-12-17)15-16-7-3-2-4-8-16/h2-10,17H,11-15H2,1H3,(H,21,23). The topological polar surface area (TPSA) is 32.3 Å². The fraction of sp³-hybridized carbons (Fsp3) is 0.350. The number of piperidine rings is 1. The first-order chi connectivity index (χ1) is 11.8. The van der Waals surface area contributed by atoms with Gasteiger partial charge in [-0.15, -0.1) is 11.8 Å². The van der Waals surface area contributed by atoms with Crippen LogP contribution in [0.2, 0.25) is 0 Å². The first-order valence-corrected chi connectivity index (χ1v) is 9.69. The Morgan fingerprint density at radius 2 is 1.75 bits per heavy atom. The van der Waals surface area contributed by atoms with Crippen molar-refractivity contribution in [1.82, 2.24) is 4.90 Å². The molecule has 0 aliphatic carbocycles. The smallest absolute Gasteiger partial charge is 0.227 e. The third-order valence-corrected chi connectivity index (χ3v) is 5.37. The van der Waals surface area contributed by atoms with Gasteiger partial charge in [0.15, 0.2) is 0 Å². The van der Waals surface area contributed by atoms with Crippen LogP contribution in [0.1, 0.15) is 18.4 Å². The largest absolute Gasteiger partial charge is 0.325 e. The van der Waals surface area contributed by atoms with E-state index in [9.17, 15) is 4.79 Å². The molecule has 1 N–H and O–H groups in total. The first kappa shape index (κ1) is 17.1. The van der Waals surface area contributed by atoms with Gasteiger partial charge in [0.25, 0.3) is 0 Å². The molecule has 1 aliphatic heterocycles. The summed E-state index contributed by atoms with van der Waals surface area (Å²) in [7, 11) is 0. The van der Waals surface area contributed by atoms with Gasteiger partial charge in [-0.05, 0) is 49.9 Å². The molecule has 1 aliphatic rings. The van der Waals surface area contributed by atoms with Crippen LogP contribution in [-0.2, 0) is 11.3 Å². The van der Waals surface area contributed by atoms with Crippen molar-refractivity contribution in [3.05, 3.63) is 60.2 Å². The van der Waals surface area contributed by atoms with E-state index in [1.165, 1.54) is 5.56 Å². The Hall–Kier alpha value is -1.78. The van der Waals surface area contributed by atoms with E-state index in [0.29, 0.717) is 0 Å². The maximum Gasteiger partial charge on any atom is 0.227 e. The number of rotatable bonds is 5. The molecular formula is C20H24N2OS. The third kappa shape index (κ3) is 4.40. The zero-order valence-electron chi connectivity index (χ0n) is 14.1. The van der Waals surface area contributed by atoms with E-state index in [2.05, 4.69) is 34.5 Å². The maximum absolute atomic E-state index is 12.6. The number of para-hydroxylation sites is 1. The van der Waals surface area contributed by atoms with Crippen LogP contribution in [0.3, 0.4) is 0 Å². The SMILES string of the molecule is CSc1ccccc1NC(=O)C1CCN(Cc2ccccc2)CC1. The van der Waals surface area contributed by atoms with E-state index < -0.39 is 0 Å². The molecule has 1 amide bonds. The Morgan fingerprint density at radius 1 is 1.08 bits per heavy atom. The van der Waals surface area contributed by atoms with Gasteiger partial charge in [0, 0.05) is 17.4 Å². The number of likely N-dealkylation sites (tertiary alicyclic amines) is 1. The molecule has 1 saturated heterocycles. The van der Waals surface area contributed by atoms with Gasteiger partial charge in [0.2, 0.25) is 5.91 Å². The van der Waals surface area contributed by atoms with Crippen molar-refractivity contribution in [2.45, 2.75) is 24.3 Å². The van der Waals surface area contributed by atoms with Crippen LogP contribution in [0.4, 0.5) is 5.69 Å². The number of benzene rings is 2. The number of thioether (sulfide) groups is 1. The Balaban J connectivity index is 1.52. The van der Waals surface area contributed by atoms with Gasteiger partial charge in [-0.3, -0.25) is 9.69 Å². The highest BCUT2D eigenvalue weighted by Gasteiger charge is 2.25. The summed E-state index contributed by atoms with van der Waals surface area (Å²) in [4.78, 5) is 16.1. The molecule has 0 aromatic heterocycles. The molecule has 0 atom stereocenters. The second-order valence-corrected chi connectivity index (χ2v) is 7.07. The monoisotopic (exact) mass is 340 g/mol. The molecular weight excluding hydrogens is 316 g/mol. The summed E-state index contributed by atoms with van der Waals surface area (Å²) < 4.78 is 0. The molecule has 3 nitrogen and oxygen atoms in total. The molecule has 2 aromatic rings. The Kier molecular flexibility index (Phi) is 5.94. The van der Waals surface area contributed by atoms with Crippen LogP contribution in [-0.4, -0.2) is 30.2 Å². The van der Waals surface area contributed by atoms with Crippen molar-refractivity contribution in [3.63, 3.8) is 0 Å². The van der Waals surface area contributed by atoms with E-state index in [0.717, 1.165) is 43.1 Å². The van der Waals surface area contributed by atoms with Crippen LogP contribution >= 0.6 is 11.8 Å². The molecule has 3 rings (SSSR count). The van der Waals surface area contributed by atoms with Crippen LogP contribution in [0.5, 0.6) is 0 Å². The summed E-state index contributed by atoms with van der Waals surface area (Å²) in [5.74, 6) is 0.280. The highest BCUT2D eigenvalue weighted by molar-refractivity contribution is 7.98. The summed E-state index contributed by atoms with van der Waals surface area (Å²) in [5, 5.41) is 3.12. The van der Waals surface area contributed by atoms with Crippen molar-refractivity contribution in [1.29, 1.82) is 0 Å². The lowest BCUT2D eigenvalue weighted by Gasteiger charge is -2.31. The quantitative estimate of drug-likeness (QED) is 0.826. The Bertz CT molecular complexity index is 666. The average Bonchev–Trinajstić information content (AvgIpc) is 2.63. The van der Waals surface area contributed by atoms with Gasteiger partial charge in [-0.1, -0.05) is 42.5 Å². The number of carbonyl (C=O) groups excluding carboxylic acids is 1. The fourth-order valence-electron chi connectivity index (χ4n) is 3.18. The number of nitrogens with zero attached hydrogens (tertiary/aromatic N) is 1. The second-order valence-electron chi connectivity index (χ2n) is 6.23. The van der Waals surface area contributed by atoms with Gasteiger partial charge in [0.05, 0.1) is 5.69 Å². The number of hydrogen-bond acceptors (Lipinski definition) is 3. The molecule has 1 heterocycles. The van der Waals surface area contributed by atoms with E-state index in [1.807, 2.05) is 36.6 Å². The van der Waals surface area contributed by atoms with Crippen LogP contribution in [0.15, 0.2) is 59.5 Å². The van der Waals surface area contributed by atoms with E-state index in [4.69, 9.17) is 0 Å². The number of anilines is 1. The third-order valence-electron chi connectivity index (χ3n) is 4.57. The molecule has 0 bridgehead atoms. The highest BCUT2D eigenvalue weighted by atomic mass is 32.2. The van der Waals surface area contributed by atoms with E-state index in [-0.39, 0.29) is 11.8 Å². The molecule has 0 saturated carbocycles. The summed E-state index contributed by atoms with van der Waals surface area (Å²) in [5.41, 5.74) is 2.27. The number of hydrogen-bond donors (Lipinski definition) is 1. The average molecular weight is 340 g/mol. The molecule has 1 fully saturated rings. The normalized spacial score (nSPS) is 16.0. The first-order valence-electron chi connectivity index (χ1n) is 8.46. The van der Waals surface area contributed by atoms with Gasteiger partial charge < -0.3 is 5.32 Å². The number of amides is 1. The van der Waals surface area contributed by atoms with Crippen LogP contribution < -0.4 is 5.32 Å². The molecule has 0 radical (unpaired) electrons. The molecule has 0 unspecified atom stereocenters. The van der Waals surface area contributed by atoms with Crippen molar-refractivity contribution < 1.29 is 4.79 Å². The van der Waals surface area contributed by atoms with Crippen molar-refractivity contribution >= 4 is 23.4 Å². The van der Waals surface area contributed by atoms with E-state index in [1.54, 1.807) is 11.8 Å². The van der Waals surface area contributed by atoms with Crippen LogP contribution in [0.25, 0.3) is 0 Å². The Morgan fingerprint density at radius 3 is 2.46 bits per heavy atom.